The first-order chi connectivity index (χ1) is 14.2. The largest absolute Gasteiger partial charge is 0.302 e. The summed E-state index contributed by atoms with van der Waals surface area (Å²) in [6.07, 6.45) is 15.2. The van der Waals surface area contributed by atoms with Crippen molar-refractivity contribution in [3.8, 4) is 11.1 Å². The van der Waals surface area contributed by atoms with Gasteiger partial charge in [0.15, 0.2) is 0 Å². The van der Waals surface area contributed by atoms with E-state index in [-0.39, 0.29) is 0 Å². The Balaban J connectivity index is 1.59. The quantitative estimate of drug-likeness (QED) is 0.275. The molecule has 0 saturated carbocycles. The van der Waals surface area contributed by atoms with Crippen molar-refractivity contribution in [2.45, 2.75) is 91.0 Å². The van der Waals surface area contributed by atoms with E-state index in [0.29, 0.717) is 0 Å². The molecule has 0 atom stereocenters. The maximum absolute atomic E-state index is 2.47. The molecule has 1 nitrogen and oxygen atoms in total. The normalized spacial score (nSPS) is 11.3. The van der Waals surface area contributed by atoms with Gasteiger partial charge in [0.05, 0.1) is 0 Å². The smallest absolute Gasteiger partial charge is 0.0230 e. The standard InChI is InChI=1S/C28H43N/c1-4-6-7-8-9-10-11-12-13-14-23-29(3)24-26-17-21-28(22-18-26)27-19-15-25(5-2)16-20-27/h15-22H,4-14,23-24H2,1-3H3. The first-order valence-electron chi connectivity index (χ1n) is 12.1. The molecule has 0 fully saturated rings. The predicted molar refractivity (Wildman–Crippen MR) is 129 cm³/mol. The molecule has 1 heteroatoms. The van der Waals surface area contributed by atoms with E-state index in [2.05, 4.69) is 74.3 Å². The Bertz CT molecular complexity index is 641. The van der Waals surface area contributed by atoms with Crippen molar-refractivity contribution in [3.05, 3.63) is 59.7 Å². The average Bonchev–Trinajstić information content (AvgIpc) is 2.75. The lowest BCUT2D eigenvalue weighted by Crippen LogP contribution is -2.19. The number of unbranched alkanes of at least 4 members (excludes halogenated alkanes) is 9. The van der Waals surface area contributed by atoms with E-state index in [1.807, 2.05) is 0 Å². The monoisotopic (exact) mass is 393 g/mol. The molecule has 0 saturated heterocycles. The van der Waals surface area contributed by atoms with E-state index in [1.54, 1.807) is 0 Å². The topological polar surface area (TPSA) is 3.24 Å². The fourth-order valence-corrected chi connectivity index (χ4v) is 4.00. The van der Waals surface area contributed by atoms with Crippen molar-refractivity contribution < 1.29 is 0 Å². The number of aryl methyl sites for hydroxylation is 1. The summed E-state index contributed by atoms with van der Waals surface area (Å²) < 4.78 is 0. The van der Waals surface area contributed by atoms with Gasteiger partial charge >= 0.3 is 0 Å². The van der Waals surface area contributed by atoms with Crippen LogP contribution in [0.4, 0.5) is 0 Å². The Morgan fingerprint density at radius 2 is 1.00 bits per heavy atom. The van der Waals surface area contributed by atoms with E-state index < -0.39 is 0 Å². The van der Waals surface area contributed by atoms with Crippen molar-refractivity contribution in [2.24, 2.45) is 0 Å². The van der Waals surface area contributed by atoms with Crippen LogP contribution in [0.3, 0.4) is 0 Å². The molecule has 29 heavy (non-hydrogen) atoms. The highest BCUT2D eigenvalue weighted by Gasteiger charge is 2.03. The SMILES string of the molecule is CCCCCCCCCCCCN(C)Cc1ccc(-c2ccc(CC)cc2)cc1. The Kier molecular flexibility index (Phi) is 11.8. The van der Waals surface area contributed by atoms with Gasteiger partial charge in [0.2, 0.25) is 0 Å². The lowest BCUT2D eigenvalue weighted by Gasteiger charge is -2.17. The molecule has 0 aliphatic carbocycles. The molecule has 2 aromatic carbocycles. The van der Waals surface area contributed by atoms with Gasteiger partial charge in [0, 0.05) is 6.54 Å². The van der Waals surface area contributed by atoms with Gasteiger partial charge < -0.3 is 4.90 Å². The summed E-state index contributed by atoms with van der Waals surface area (Å²) in [5.41, 5.74) is 5.44. The molecule has 2 rings (SSSR count). The van der Waals surface area contributed by atoms with Crippen molar-refractivity contribution in [1.82, 2.24) is 4.90 Å². The van der Waals surface area contributed by atoms with Crippen LogP contribution in [0.5, 0.6) is 0 Å². The zero-order chi connectivity index (χ0) is 20.7. The van der Waals surface area contributed by atoms with Crippen LogP contribution in [0.2, 0.25) is 0 Å². The zero-order valence-corrected chi connectivity index (χ0v) is 19.3. The third-order valence-corrected chi connectivity index (χ3v) is 6.00. The van der Waals surface area contributed by atoms with Crippen LogP contribution < -0.4 is 0 Å². The van der Waals surface area contributed by atoms with Gasteiger partial charge in [-0.3, -0.25) is 0 Å². The second-order valence-electron chi connectivity index (χ2n) is 8.67. The van der Waals surface area contributed by atoms with Gasteiger partial charge in [0.1, 0.15) is 0 Å². The Labute approximate surface area is 180 Å². The highest BCUT2D eigenvalue weighted by atomic mass is 15.1. The van der Waals surface area contributed by atoms with Crippen molar-refractivity contribution >= 4 is 0 Å². The van der Waals surface area contributed by atoms with Crippen LogP contribution in [0.25, 0.3) is 11.1 Å². The van der Waals surface area contributed by atoms with Gasteiger partial charge in [0.25, 0.3) is 0 Å². The molecule has 0 aromatic heterocycles. The van der Waals surface area contributed by atoms with E-state index in [0.717, 1.165) is 13.0 Å². The lowest BCUT2D eigenvalue weighted by atomic mass is 10.0. The lowest BCUT2D eigenvalue weighted by molar-refractivity contribution is 0.316. The molecule has 0 unspecified atom stereocenters. The Morgan fingerprint density at radius 1 is 0.552 bits per heavy atom. The van der Waals surface area contributed by atoms with Crippen LogP contribution in [-0.2, 0) is 13.0 Å². The molecule has 160 valence electrons. The second-order valence-corrected chi connectivity index (χ2v) is 8.67. The zero-order valence-electron chi connectivity index (χ0n) is 19.3. The summed E-state index contributed by atoms with van der Waals surface area (Å²) in [4.78, 5) is 2.47. The Hall–Kier alpha value is -1.60. The molecular weight excluding hydrogens is 350 g/mol. The Morgan fingerprint density at radius 3 is 1.48 bits per heavy atom. The van der Waals surface area contributed by atoms with Gasteiger partial charge in [-0.25, -0.2) is 0 Å². The highest BCUT2D eigenvalue weighted by Crippen LogP contribution is 2.21. The summed E-state index contributed by atoms with van der Waals surface area (Å²) >= 11 is 0. The number of hydrogen-bond acceptors (Lipinski definition) is 1. The van der Waals surface area contributed by atoms with Crippen LogP contribution in [0.1, 0.15) is 89.2 Å². The molecule has 2 aromatic rings. The van der Waals surface area contributed by atoms with Crippen molar-refractivity contribution in [3.63, 3.8) is 0 Å². The summed E-state index contributed by atoms with van der Waals surface area (Å²) in [6, 6.07) is 18.1. The van der Waals surface area contributed by atoms with Crippen molar-refractivity contribution in [1.29, 1.82) is 0 Å². The average molecular weight is 394 g/mol. The van der Waals surface area contributed by atoms with E-state index in [4.69, 9.17) is 0 Å². The molecule has 0 heterocycles. The molecule has 0 bridgehead atoms. The van der Waals surface area contributed by atoms with E-state index in [9.17, 15) is 0 Å². The van der Waals surface area contributed by atoms with Crippen LogP contribution in [0, 0.1) is 0 Å². The number of hydrogen-bond donors (Lipinski definition) is 0. The third-order valence-electron chi connectivity index (χ3n) is 6.00. The number of benzene rings is 2. The molecule has 0 aliphatic heterocycles. The molecule has 0 N–H and O–H groups in total. The van der Waals surface area contributed by atoms with Crippen molar-refractivity contribution in [2.75, 3.05) is 13.6 Å². The molecular formula is C28H43N. The first kappa shape index (κ1) is 23.7. The van der Waals surface area contributed by atoms with Crippen LogP contribution >= 0.6 is 0 Å². The maximum Gasteiger partial charge on any atom is 0.0230 e. The first-order valence-corrected chi connectivity index (χ1v) is 12.1. The fourth-order valence-electron chi connectivity index (χ4n) is 4.00. The van der Waals surface area contributed by atoms with E-state index in [1.165, 1.54) is 93.0 Å². The van der Waals surface area contributed by atoms with Gasteiger partial charge in [-0.1, -0.05) is 120 Å². The van der Waals surface area contributed by atoms with Gasteiger partial charge in [-0.15, -0.1) is 0 Å². The minimum Gasteiger partial charge on any atom is -0.302 e. The third kappa shape index (κ3) is 9.63. The van der Waals surface area contributed by atoms with Gasteiger partial charge in [-0.2, -0.15) is 0 Å². The summed E-state index contributed by atoms with van der Waals surface area (Å²) in [5.74, 6) is 0. The van der Waals surface area contributed by atoms with Crippen LogP contribution in [-0.4, -0.2) is 18.5 Å². The molecule has 0 amide bonds. The second kappa shape index (κ2) is 14.4. The predicted octanol–water partition coefficient (Wildman–Crippen LogP) is 8.27. The molecule has 0 spiro atoms. The summed E-state index contributed by atoms with van der Waals surface area (Å²) in [5, 5.41) is 0. The minimum atomic E-state index is 1.05. The number of rotatable bonds is 15. The fraction of sp³-hybridized carbons (Fsp3) is 0.571. The molecule has 0 radical (unpaired) electrons. The van der Waals surface area contributed by atoms with Gasteiger partial charge in [-0.05, 0) is 48.7 Å². The summed E-state index contributed by atoms with van der Waals surface area (Å²) in [6.45, 7) is 6.75. The highest BCUT2D eigenvalue weighted by molar-refractivity contribution is 5.63. The van der Waals surface area contributed by atoms with E-state index >= 15 is 0 Å². The summed E-state index contributed by atoms with van der Waals surface area (Å²) in [7, 11) is 2.26. The minimum absolute atomic E-state index is 1.05. The van der Waals surface area contributed by atoms with Crippen LogP contribution in [0.15, 0.2) is 48.5 Å². The number of nitrogens with zero attached hydrogens (tertiary/aromatic N) is 1. The maximum atomic E-state index is 2.47. The molecule has 0 aliphatic rings.